The number of amides is 1. The van der Waals surface area contributed by atoms with Gasteiger partial charge in [-0.3, -0.25) is 4.79 Å². The van der Waals surface area contributed by atoms with E-state index in [0.717, 1.165) is 25.4 Å². The first-order chi connectivity index (χ1) is 9.33. The molecule has 0 unspecified atom stereocenters. The maximum atomic E-state index is 11.5. The standard InChI is InChI=1S/C16H32N2O/c1-2-3-4-5-6-7-8-9-12-18-16(19)14-17-13-15-10-11-15/h15,17H,2-14H2,1H3,(H,18,19). The predicted molar refractivity (Wildman–Crippen MR) is 81.2 cm³/mol. The van der Waals surface area contributed by atoms with Gasteiger partial charge in [0.1, 0.15) is 0 Å². The lowest BCUT2D eigenvalue weighted by Crippen LogP contribution is -2.35. The second-order valence-electron chi connectivity index (χ2n) is 5.90. The summed E-state index contributed by atoms with van der Waals surface area (Å²) in [5.74, 6) is 1.00. The maximum Gasteiger partial charge on any atom is 0.233 e. The van der Waals surface area contributed by atoms with Crippen molar-refractivity contribution in [3.8, 4) is 0 Å². The second kappa shape index (κ2) is 11.3. The molecule has 0 aromatic rings. The van der Waals surface area contributed by atoms with Crippen molar-refractivity contribution in [1.82, 2.24) is 10.6 Å². The van der Waals surface area contributed by atoms with Crippen LogP contribution in [0.15, 0.2) is 0 Å². The van der Waals surface area contributed by atoms with Crippen LogP contribution in [0, 0.1) is 5.92 Å². The molecule has 2 N–H and O–H groups in total. The number of carbonyl (C=O) groups is 1. The molecule has 0 atom stereocenters. The highest BCUT2D eigenvalue weighted by Gasteiger charge is 2.20. The first-order valence-electron chi connectivity index (χ1n) is 8.30. The minimum atomic E-state index is 0.156. The van der Waals surface area contributed by atoms with E-state index < -0.39 is 0 Å². The first kappa shape index (κ1) is 16.5. The third-order valence-electron chi connectivity index (χ3n) is 3.77. The van der Waals surface area contributed by atoms with Gasteiger partial charge in [0.2, 0.25) is 5.91 Å². The summed E-state index contributed by atoms with van der Waals surface area (Å²) in [6.07, 6.45) is 13.2. The van der Waals surface area contributed by atoms with Gasteiger partial charge in [-0.2, -0.15) is 0 Å². The highest BCUT2D eigenvalue weighted by atomic mass is 16.1. The van der Waals surface area contributed by atoms with E-state index in [1.165, 1.54) is 57.8 Å². The summed E-state index contributed by atoms with van der Waals surface area (Å²) in [5, 5.41) is 6.20. The van der Waals surface area contributed by atoms with Crippen LogP contribution >= 0.6 is 0 Å². The zero-order chi connectivity index (χ0) is 13.8. The molecule has 0 aromatic carbocycles. The zero-order valence-electron chi connectivity index (χ0n) is 12.7. The average Bonchev–Trinajstić information content (AvgIpc) is 3.21. The van der Waals surface area contributed by atoms with E-state index in [4.69, 9.17) is 0 Å². The van der Waals surface area contributed by atoms with E-state index in [2.05, 4.69) is 17.6 Å². The number of carbonyl (C=O) groups excluding carboxylic acids is 1. The number of nitrogens with one attached hydrogen (secondary N) is 2. The van der Waals surface area contributed by atoms with Gasteiger partial charge in [0.15, 0.2) is 0 Å². The molecular weight excluding hydrogens is 236 g/mol. The fourth-order valence-corrected chi connectivity index (χ4v) is 2.26. The van der Waals surface area contributed by atoms with Gasteiger partial charge >= 0.3 is 0 Å². The molecule has 3 heteroatoms. The molecule has 0 bridgehead atoms. The molecule has 1 aliphatic carbocycles. The van der Waals surface area contributed by atoms with E-state index in [0.29, 0.717) is 6.54 Å². The lowest BCUT2D eigenvalue weighted by atomic mass is 10.1. The van der Waals surface area contributed by atoms with Crippen LogP contribution in [0.5, 0.6) is 0 Å². The molecule has 1 saturated carbocycles. The molecule has 1 amide bonds. The number of hydrogen-bond acceptors (Lipinski definition) is 2. The Bertz CT molecular complexity index is 227. The third kappa shape index (κ3) is 11.0. The molecule has 19 heavy (non-hydrogen) atoms. The van der Waals surface area contributed by atoms with Crippen molar-refractivity contribution in [2.45, 2.75) is 71.1 Å². The molecule has 0 aliphatic heterocycles. The molecule has 1 aliphatic rings. The monoisotopic (exact) mass is 268 g/mol. The summed E-state index contributed by atoms with van der Waals surface area (Å²) < 4.78 is 0. The lowest BCUT2D eigenvalue weighted by Gasteiger charge is -2.06. The average molecular weight is 268 g/mol. The van der Waals surface area contributed by atoms with Crippen LogP contribution < -0.4 is 10.6 Å². The minimum absolute atomic E-state index is 0.156. The van der Waals surface area contributed by atoms with E-state index in [-0.39, 0.29) is 5.91 Å². The van der Waals surface area contributed by atoms with Crippen molar-refractivity contribution in [3.05, 3.63) is 0 Å². The van der Waals surface area contributed by atoms with Gasteiger partial charge < -0.3 is 10.6 Å². The van der Waals surface area contributed by atoms with Crippen LogP contribution in [0.2, 0.25) is 0 Å². The Morgan fingerprint density at radius 1 is 1.00 bits per heavy atom. The van der Waals surface area contributed by atoms with Crippen LogP contribution in [-0.4, -0.2) is 25.5 Å². The fraction of sp³-hybridized carbons (Fsp3) is 0.938. The highest BCUT2D eigenvalue weighted by Crippen LogP contribution is 2.27. The van der Waals surface area contributed by atoms with Crippen molar-refractivity contribution < 1.29 is 4.79 Å². The van der Waals surface area contributed by atoms with Gasteiger partial charge in [-0.05, 0) is 31.7 Å². The van der Waals surface area contributed by atoms with Crippen LogP contribution in [0.1, 0.15) is 71.1 Å². The Morgan fingerprint density at radius 3 is 2.26 bits per heavy atom. The lowest BCUT2D eigenvalue weighted by molar-refractivity contribution is -0.120. The first-order valence-corrected chi connectivity index (χ1v) is 8.30. The molecular formula is C16H32N2O. The Morgan fingerprint density at radius 2 is 1.63 bits per heavy atom. The van der Waals surface area contributed by atoms with Crippen molar-refractivity contribution >= 4 is 5.91 Å². The summed E-state index contributed by atoms with van der Waals surface area (Å²) >= 11 is 0. The molecule has 3 nitrogen and oxygen atoms in total. The number of hydrogen-bond donors (Lipinski definition) is 2. The third-order valence-corrected chi connectivity index (χ3v) is 3.77. The molecule has 0 radical (unpaired) electrons. The predicted octanol–water partition coefficient (Wildman–Crippen LogP) is 3.24. The van der Waals surface area contributed by atoms with Gasteiger partial charge in [0.05, 0.1) is 6.54 Å². The Balaban J connectivity index is 1.72. The Hall–Kier alpha value is -0.570. The van der Waals surface area contributed by atoms with Gasteiger partial charge in [0, 0.05) is 6.54 Å². The van der Waals surface area contributed by atoms with Gasteiger partial charge in [-0.1, -0.05) is 51.9 Å². The van der Waals surface area contributed by atoms with E-state index in [1.54, 1.807) is 0 Å². The summed E-state index contributed by atoms with van der Waals surface area (Å²) in [6.45, 7) is 4.61. The molecule has 0 aromatic heterocycles. The molecule has 0 spiro atoms. The van der Waals surface area contributed by atoms with Gasteiger partial charge in [-0.25, -0.2) is 0 Å². The van der Waals surface area contributed by atoms with Crippen molar-refractivity contribution in [1.29, 1.82) is 0 Å². The van der Waals surface area contributed by atoms with Crippen LogP contribution in [-0.2, 0) is 4.79 Å². The Kier molecular flexibility index (Phi) is 9.78. The van der Waals surface area contributed by atoms with E-state index in [9.17, 15) is 4.79 Å². The zero-order valence-corrected chi connectivity index (χ0v) is 12.7. The minimum Gasteiger partial charge on any atom is -0.355 e. The summed E-state index contributed by atoms with van der Waals surface area (Å²) in [5.41, 5.74) is 0. The summed E-state index contributed by atoms with van der Waals surface area (Å²) in [7, 11) is 0. The van der Waals surface area contributed by atoms with E-state index in [1.807, 2.05) is 0 Å². The van der Waals surface area contributed by atoms with E-state index >= 15 is 0 Å². The van der Waals surface area contributed by atoms with Gasteiger partial charge in [-0.15, -0.1) is 0 Å². The van der Waals surface area contributed by atoms with Crippen molar-refractivity contribution in [2.24, 2.45) is 5.92 Å². The smallest absolute Gasteiger partial charge is 0.233 e. The van der Waals surface area contributed by atoms with Crippen LogP contribution in [0.3, 0.4) is 0 Å². The number of rotatable bonds is 13. The normalized spacial score (nSPS) is 14.6. The molecule has 0 heterocycles. The number of unbranched alkanes of at least 4 members (excludes halogenated alkanes) is 7. The van der Waals surface area contributed by atoms with Crippen LogP contribution in [0.25, 0.3) is 0 Å². The largest absolute Gasteiger partial charge is 0.355 e. The topological polar surface area (TPSA) is 41.1 Å². The molecule has 0 saturated heterocycles. The SMILES string of the molecule is CCCCCCCCCCNC(=O)CNCC1CC1. The van der Waals surface area contributed by atoms with Crippen molar-refractivity contribution in [3.63, 3.8) is 0 Å². The molecule has 1 fully saturated rings. The summed E-state index contributed by atoms with van der Waals surface area (Å²) in [6, 6.07) is 0. The Labute approximate surface area is 118 Å². The van der Waals surface area contributed by atoms with Crippen LogP contribution in [0.4, 0.5) is 0 Å². The van der Waals surface area contributed by atoms with Crippen molar-refractivity contribution in [2.75, 3.05) is 19.6 Å². The molecule has 1 rings (SSSR count). The maximum absolute atomic E-state index is 11.5. The fourth-order valence-electron chi connectivity index (χ4n) is 2.26. The van der Waals surface area contributed by atoms with Gasteiger partial charge in [0.25, 0.3) is 0 Å². The quantitative estimate of drug-likeness (QED) is 0.503. The highest BCUT2D eigenvalue weighted by molar-refractivity contribution is 5.77. The second-order valence-corrected chi connectivity index (χ2v) is 5.90. The summed E-state index contributed by atoms with van der Waals surface area (Å²) in [4.78, 5) is 11.5. The molecule has 112 valence electrons.